The van der Waals surface area contributed by atoms with Gasteiger partial charge in [-0.25, -0.2) is 0 Å². The summed E-state index contributed by atoms with van der Waals surface area (Å²) < 4.78 is 6.99. The maximum absolute atomic E-state index is 12.3. The molecule has 160 valence electrons. The van der Waals surface area contributed by atoms with E-state index in [-0.39, 0.29) is 6.54 Å². The van der Waals surface area contributed by atoms with Crippen molar-refractivity contribution in [3.8, 4) is 0 Å². The monoisotopic (exact) mass is 418 g/mol. The zero-order valence-electron chi connectivity index (χ0n) is 17.9. The van der Waals surface area contributed by atoms with Crippen LogP contribution in [0, 0.1) is 6.92 Å². The van der Waals surface area contributed by atoms with E-state index >= 15 is 0 Å². The second-order valence-corrected chi connectivity index (χ2v) is 7.26. The van der Waals surface area contributed by atoms with Crippen LogP contribution in [0.3, 0.4) is 0 Å². The number of benzene rings is 2. The minimum absolute atomic E-state index is 0.0226. The van der Waals surface area contributed by atoms with Gasteiger partial charge in [-0.15, -0.1) is 0 Å². The van der Waals surface area contributed by atoms with Gasteiger partial charge in [-0.3, -0.25) is 14.6 Å². The summed E-state index contributed by atoms with van der Waals surface area (Å²) in [5, 5.41) is 3.77. The van der Waals surface area contributed by atoms with Gasteiger partial charge in [-0.2, -0.15) is 0 Å². The van der Waals surface area contributed by atoms with Gasteiger partial charge in [0.2, 0.25) is 0 Å². The van der Waals surface area contributed by atoms with Gasteiger partial charge in [-0.05, 0) is 44.5 Å². The molecular formula is C24H26N4O3. The van der Waals surface area contributed by atoms with Crippen LogP contribution < -0.4 is 11.1 Å². The Bertz CT molecular complexity index is 1160. The molecule has 7 heteroatoms. The highest BCUT2D eigenvalue weighted by molar-refractivity contribution is 6.03. The molecule has 7 nitrogen and oxygen atoms in total. The Morgan fingerprint density at radius 1 is 1.06 bits per heavy atom. The van der Waals surface area contributed by atoms with E-state index in [2.05, 4.69) is 10.3 Å². The number of para-hydroxylation sites is 2. The molecule has 1 heterocycles. The number of amides is 1. The van der Waals surface area contributed by atoms with Crippen LogP contribution in [0.15, 0.2) is 77.2 Å². The number of allylic oxidation sites excluding steroid dienone is 2. The molecule has 0 saturated carbocycles. The Balaban J connectivity index is 1.60. The van der Waals surface area contributed by atoms with E-state index in [0.29, 0.717) is 17.1 Å². The summed E-state index contributed by atoms with van der Waals surface area (Å²) in [5.41, 5.74) is 10.0. The predicted molar refractivity (Wildman–Crippen MR) is 122 cm³/mol. The first kappa shape index (κ1) is 21.8. The number of fused-ring (bicyclic) bond motifs is 1. The van der Waals surface area contributed by atoms with Gasteiger partial charge in [0.25, 0.3) is 5.91 Å². The van der Waals surface area contributed by atoms with Gasteiger partial charge in [-0.1, -0.05) is 36.4 Å². The maximum atomic E-state index is 12.3. The number of carbonyl (C=O) groups excluding carboxylic acids is 2. The van der Waals surface area contributed by atoms with Crippen molar-refractivity contribution in [2.75, 3.05) is 6.61 Å². The largest absolute Gasteiger partial charge is 0.454 e. The number of esters is 1. The molecule has 1 aromatic heterocycles. The van der Waals surface area contributed by atoms with Gasteiger partial charge in [0, 0.05) is 22.8 Å². The average Bonchev–Trinajstić information content (AvgIpc) is 3.06. The van der Waals surface area contributed by atoms with Crippen molar-refractivity contribution in [3.63, 3.8) is 0 Å². The second-order valence-electron chi connectivity index (χ2n) is 7.26. The quantitative estimate of drug-likeness (QED) is 0.452. The number of nitrogens with two attached hydrogens (primary N) is 1. The van der Waals surface area contributed by atoms with Crippen molar-refractivity contribution < 1.29 is 14.3 Å². The molecule has 1 amide bonds. The Morgan fingerprint density at radius 2 is 1.74 bits per heavy atom. The number of aromatic nitrogens is 1. The standard InChI is InChI=1S/C24H26N4O3/c1-16-13-28(21-12-8-7-11-20(16)21)14-23(30)31-15-22(29)27-24(17(2)25)18(3)26-19-9-5-4-6-10-19/h4-13H,14-15,25H2,1-3H3,(H,27,29). The van der Waals surface area contributed by atoms with Crippen LogP contribution in [0.25, 0.3) is 10.9 Å². The van der Waals surface area contributed by atoms with Crippen molar-refractivity contribution in [3.05, 3.63) is 77.8 Å². The van der Waals surface area contributed by atoms with Gasteiger partial charge in [0.05, 0.1) is 17.1 Å². The van der Waals surface area contributed by atoms with Crippen molar-refractivity contribution >= 4 is 34.2 Å². The van der Waals surface area contributed by atoms with E-state index in [0.717, 1.165) is 22.2 Å². The van der Waals surface area contributed by atoms with Gasteiger partial charge < -0.3 is 20.4 Å². The summed E-state index contributed by atoms with van der Waals surface area (Å²) in [6.45, 7) is 5.02. The molecule has 0 radical (unpaired) electrons. The van der Waals surface area contributed by atoms with E-state index in [1.165, 1.54) is 0 Å². The number of aliphatic imine (C=N–C) groups is 1. The molecular weight excluding hydrogens is 392 g/mol. The molecule has 3 N–H and O–H groups in total. The highest BCUT2D eigenvalue weighted by Gasteiger charge is 2.14. The molecule has 2 aromatic carbocycles. The van der Waals surface area contributed by atoms with Crippen LogP contribution in [-0.2, 0) is 20.9 Å². The van der Waals surface area contributed by atoms with E-state index < -0.39 is 18.5 Å². The van der Waals surface area contributed by atoms with Gasteiger partial charge >= 0.3 is 5.97 Å². The van der Waals surface area contributed by atoms with Gasteiger partial charge in [0.1, 0.15) is 6.54 Å². The Kier molecular flexibility index (Phi) is 6.87. The number of carbonyl (C=O) groups is 2. The van der Waals surface area contributed by atoms with Crippen LogP contribution in [0.5, 0.6) is 0 Å². The minimum Gasteiger partial charge on any atom is -0.454 e. The molecule has 0 aliphatic heterocycles. The summed E-state index contributed by atoms with van der Waals surface area (Å²) in [5.74, 6) is -0.982. The highest BCUT2D eigenvalue weighted by Crippen LogP contribution is 2.20. The molecule has 0 unspecified atom stereocenters. The fraction of sp³-hybridized carbons (Fsp3) is 0.208. The number of aryl methyl sites for hydroxylation is 1. The number of hydrogen-bond donors (Lipinski definition) is 2. The number of ether oxygens (including phenoxy) is 1. The summed E-state index contributed by atoms with van der Waals surface area (Å²) in [4.78, 5) is 29.1. The summed E-state index contributed by atoms with van der Waals surface area (Å²) in [7, 11) is 0. The number of hydrogen-bond acceptors (Lipinski definition) is 5. The van der Waals surface area contributed by atoms with E-state index in [1.807, 2.05) is 72.3 Å². The third-order valence-corrected chi connectivity index (χ3v) is 4.73. The van der Waals surface area contributed by atoms with Crippen molar-refractivity contribution in [2.45, 2.75) is 27.3 Å². The topological polar surface area (TPSA) is 98.7 Å². The Morgan fingerprint density at radius 3 is 2.45 bits per heavy atom. The number of rotatable bonds is 7. The second kappa shape index (κ2) is 9.75. The lowest BCUT2D eigenvalue weighted by Crippen LogP contribution is -2.33. The lowest BCUT2D eigenvalue weighted by atomic mass is 10.2. The van der Waals surface area contributed by atoms with Crippen molar-refractivity contribution in [1.82, 2.24) is 9.88 Å². The van der Waals surface area contributed by atoms with Crippen LogP contribution in [0.4, 0.5) is 5.69 Å². The molecule has 0 bridgehead atoms. The molecule has 0 atom stereocenters. The molecule has 31 heavy (non-hydrogen) atoms. The van der Waals surface area contributed by atoms with E-state index in [1.54, 1.807) is 13.8 Å². The fourth-order valence-corrected chi connectivity index (χ4v) is 3.29. The van der Waals surface area contributed by atoms with Crippen molar-refractivity contribution in [2.24, 2.45) is 10.7 Å². The lowest BCUT2D eigenvalue weighted by molar-refractivity contribution is -0.148. The first-order chi connectivity index (χ1) is 14.8. The molecule has 3 rings (SSSR count). The van der Waals surface area contributed by atoms with Crippen LogP contribution in [-0.4, -0.2) is 28.8 Å². The summed E-state index contributed by atoms with van der Waals surface area (Å²) in [6, 6.07) is 17.2. The van der Waals surface area contributed by atoms with Crippen molar-refractivity contribution in [1.29, 1.82) is 0 Å². The molecule has 0 spiro atoms. The lowest BCUT2D eigenvalue weighted by Gasteiger charge is -2.12. The van der Waals surface area contributed by atoms with Crippen LogP contribution >= 0.6 is 0 Å². The molecule has 3 aromatic rings. The first-order valence-corrected chi connectivity index (χ1v) is 9.92. The van der Waals surface area contributed by atoms with E-state index in [9.17, 15) is 9.59 Å². The Hall–Kier alpha value is -3.87. The predicted octanol–water partition coefficient (Wildman–Crippen LogP) is 3.59. The third-order valence-electron chi connectivity index (χ3n) is 4.73. The molecule has 0 saturated heterocycles. The SMILES string of the molecule is CC(=Nc1ccccc1)C(NC(=O)COC(=O)Cn1cc(C)c2ccccc21)=C(C)N. The summed E-state index contributed by atoms with van der Waals surface area (Å²) in [6.07, 6.45) is 1.90. The third kappa shape index (κ3) is 5.60. The van der Waals surface area contributed by atoms with Crippen LogP contribution in [0.1, 0.15) is 19.4 Å². The first-order valence-electron chi connectivity index (χ1n) is 9.92. The van der Waals surface area contributed by atoms with Crippen LogP contribution in [0.2, 0.25) is 0 Å². The smallest absolute Gasteiger partial charge is 0.326 e. The normalized spacial score (nSPS) is 12.4. The molecule has 0 aliphatic rings. The Labute approximate surface area is 181 Å². The highest BCUT2D eigenvalue weighted by atomic mass is 16.5. The summed E-state index contributed by atoms with van der Waals surface area (Å²) >= 11 is 0. The number of nitrogens with zero attached hydrogens (tertiary/aromatic N) is 2. The number of nitrogens with one attached hydrogen (secondary N) is 1. The minimum atomic E-state index is -0.499. The molecule has 0 aliphatic carbocycles. The maximum Gasteiger partial charge on any atom is 0.326 e. The average molecular weight is 418 g/mol. The fourth-order valence-electron chi connectivity index (χ4n) is 3.29. The zero-order valence-corrected chi connectivity index (χ0v) is 17.9. The van der Waals surface area contributed by atoms with E-state index in [4.69, 9.17) is 10.5 Å². The van der Waals surface area contributed by atoms with Gasteiger partial charge in [0.15, 0.2) is 6.61 Å². The molecule has 0 fully saturated rings. The zero-order chi connectivity index (χ0) is 22.4.